The normalized spacial score (nSPS) is 17.5. The van der Waals surface area contributed by atoms with Crippen LogP contribution in [0, 0.1) is 0 Å². The Morgan fingerprint density at radius 2 is 1.89 bits per heavy atom. The lowest BCUT2D eigenvalue weighted by Crippen LogP contribution is -2.43. The average Bonchev–Trinajstić information content (AvgIpc) is 3.16. The van der Waals surface area contributed by atoms with Crippen LogP contribution in [0.5, 0.6) is 5.75 Å². The van der Waals surface area contributed by atoms with Gasteiger partial charge in [-0.1, -0.05) is 23.2 Å². The highest BCUT2D eigenvalue weighted by molar-refractivity contribution is 7.89. The molecule has 0 aliphatic carbocycles. The Morgan fingerprint density at radius 3 is 2.54 bits per heavy atom. The van der Waals surface area contributed by atoms with Gasteiger partial charge in [-0.05, 0) is 62.2 Å². The van der Waals surface area contributed by atoms with E-state index in [4.69, 9.17) is 27.9 Å². The van der Waals surface area contributed by atoms with Gasteiger partial charge in [-0.2, -0.15) is 4.31 Å². The second-order valence-corrected chi connectivity index (χ2v) is 9.00. The van der Waals surface area contributed by atoms with Crippen molar-refractivity contribution >= 4 is 44.8 Å². The summed E-state index contributed by atoms with van der Waals surface area (Å²) < 4.78 is 32.7. The van der Waals surface area contributed by atoms with Gasteiger partial charge in [0.2, 0.25) is 15.9 Å². The summed E-state index contributed by atoms with van der Waals surface area (Å²) in [6.07, 6.45) is 1.05. The number of sulfonamides is 1. The fourth-order valence-electron chi connectivity index (χ4n) is 3.10. The van der Waals surface area contributed by atoms with E-state index < -0.39 is 22.0 Å². The third-order valence-electron chi connectivity index (χ3n) is 4.43. The molecule has 0 radical (unpaired) electrons. The first-order valence-electron chi connectivity index (χ1n) is 8.83. The summed E-state index contributed by atoms with van der Waals surface area (Å²) in [6.45, 7) is 2.64. The molecule has 150 valence electrons. The van der Waals surface area contributed by atoms with Gasteiger partial charge in [0.15, 0.2) is 0 Å². The van der Waals surface area contributed by atoms with Gasteiger partial charge in [0.1, 0.15) is 11.8 Å². The SMILES string of the molecule is CCOc1ccc(S(=O)(=O)N2CCCC2C(=O)Nc2ccc(Cl)c(Cl)c2)cc1. The standard InChI is InChI=1S/C19H20Cl2N2O4S/c1-2-27-14-6-8-15(9-7-14)28(25,26)23-11-3-4-18(23)19(24)22-13-5-10-16(20)17(21)12-13/h5-10,12,18H,2-4,11H2,1H3,(H,22,24). The Morgan fingerprint density at radius 1 is 1.18 bits per heavy atom. The van der Waals surface area contributed by atoms with Crippen LogP contribution in [0.25, 0.3) is 0 Å². The molecule has 0 spiro atoms. The molecule has 3 rings (SSSR count). The van der Waals surface area contributed by atoms with Crippen LogP contribution in [-0.4, -0.2) is 37.8 Å². The fraction of sp³-hybridized carbons (Fsp3) is 0.316. The zero-order valence-electron chi connectivity index (χ0n) is 15.2. The maximum Gasteiger partial charge on any atom is 0.243 e. The van der Waals surface area contributed by atoms with Crippen molar-refractivity contribution in [3.8, 4) is 5.75 Å². The van der Waals surface area contributed by atoms with Crippen molar-refractivity contribution in [2.75, 3.05) is 18.5 Å². The maximum atomic E-state index is 13.0. The van der Waals surface area contributed by atoms with Gasteiger partial charge < -0.3 is 10.1 Å². The summed E-state index contributed by atoms with van der Waals surface area (Å²) in [4.78, 5) is 12.9. The zero-order valence-corrected chi connectivity index (χ0v) is 17.5. The second-order valence-electron chi connectivity index (χ2n) is 6.30. The van der Waals surface area contributed by atoms with Crippen molar-refractivity contribution in [3.05, 3.63) is 52.5 Å². The Balaban J connectivity index is 1.78. The van der Waals surface area contributed by atoms with Crippen molar-refractivity contribution in [1.82, 2.24) is 4.31 Å². The van der Waals surface area contributed by atoms with Gasteiger partial charge in [-0.15, -0.1) is 0 Å². The third kappa shape index (κ3) is 4.43. The predicted octanol–water partition coefficient (Wildman–Crippen LogP) is 4.18. The summed E-state index contributed by atoms with van der Waals surface area (Å²) in [5.74, 6) is 0.196. The topological polar surface area (TPSA) is 75.7 Å². The quantitative estimate of drug-likeness (QED) is 0.727. The largest absolute Gasteiger partial charge is 0.494 e. The van der Waals surface area contributed by atoms with Crippen molar-refractivity contribution in [2.45, 2.75) is 30.7 Å². The summed E-state index contributed by atoms with van der Waals surface area (Å²) >= 11 is 11.9. The molecule has 9 heteroatoms. The minimum absolute atomic E-state index is 0.130. The first-order valence-corrected chi connectivity index (χ1v) is 11.0. The Hall–Kier alpha value is -1.80. The summed E-state index contributed by atoms with van der Waals surface area (Å²) in [6, 6.07) is 10.1. The number of hydrogen-bond acceptors (Lipinski definition) is 4. The van der Waals surface area contributed by atoms with Crippen LogP contribution in [0.15, 0.2) is 47.4 Å². The van der Waals surface area contributed by atoms with Gasteiger partial charge in [-0.25, -0.2) is 8.42 Å². The Bertz CT molecular complexity index is 964. The highest BCUT2D eigenvalue weighted by atomic mass is 35.5. The lowest BCUT2D eigenvalue weighted by atomic mass is 10.2. The van der Waals surface area contributed by atoms with E-state index in [1.54, 1.807) is 24.3 Å². The predicted molar refractivity (Wildman–Crippen MR) is 110 cm³/mol. The maximum absolute atomic E-state index is 13.0. The molecule has 1 aliphatic heterocycles. The van der Waals surface area contributed by atoms with Gasteiger partial charge in [0.05, 0.1) is 21.5 Å². The number of carbonyl (C=O) groups is 1. The number of hydrogen-bond donors (Lipinski definition) is 1. The van der Waals surface area contributed by atoms with E-state index in [0.717, 1.165) is 0 Å². The minimum atomic E-state index is -3.80. The minimum Gasteiger partial charge on any atom is -0.494 e. The van der Waals surface area contributed by atoms with Crippen LogP contribution >= 0.6 is 23.2 Å². The van der Waals surface area contributed by atoms with Crippen LogP contribution in [0.2, 0.25) is 10.0 Å². The number of nitrogens with one attached hydrogen (secondary N) is 1. The van der Waals surface area contributed by atoms with Crippen LogP contribution in [-0.2, 0) is 14.8 Å². The van der Waals surface area contributed by atoms with E-state index in [1.807, 2.05) is 6.92 Å². The third-order valence-corrected chi connectivity index (χ3v) is 7.10. The van der Waals surface area contributed by atoms with Crippen LogP contribution in [0.4, 0.5) is 5.69 Å². The van der Waals surface area contributed by atoms with E-state index in [2.05, 4.69) is 5.32 Å². The molecule has 2 aromatic carbocycles. The van der Waals surface area contributed by atoms with Gasteiger partial charge in [0, 0.05) is 12.2 Å². The Labute approximate surface area is 174 Å². The van der Waals surface area contributed by atoms with Crippen LogP contribution < -0.4 is 10.1 Å². The highest BCUT2D eigenvalue weighted by Crippen LogP contribution is 2.29. The lowest BCUT2D eigenvalue weighted by molar-refractivity contribution is -0.119. The Kier molecular flexibility index (Phi) is 6.50. The second kappa shape index (κ2) is 8.69. The smallest absolute Gasteiger partial charge is 0.243 e. The molecule has 1 heterocycles. The van der Waals surface area contributed by atoms with Crippen LogP contribution in [0.1, 0.15) is 19.8 Å². The van der Waals surface area contributed by atoms with Crippen LogP contribution in [0.3, 0.4) is 0 Å². The summed E-state index contributed by atoms with van der Waals surface area (Å²) in [7, 11) is -3.80. The molecule has 1 atom stereocenters. The van der Waals surface area contributed by atoms with Crippen molar-refractivity contribution in [3.63, 3.8) is 0 Å². The molecule has 1 fully saturated rings. The number of carbonyl (C=O) groups excluding carboxylic acids is 1. The molecule has 1 unspecified atom stereocenters. The molecular weight excluding hydrogens is 423 g/mol. The number of anilines is 1. The average molecular weight is 443 g/mol. The van der Waals surface area contributed by atoms with Crippen molar-refractivity contribution < 1.29 is 17.9 Å². The van der Waals surface area contributed by atoms with Crippen molar-refractivity contribution in [2.24, 2.45) is 0 Å². The summed E-state index contributed by atoms with van der Waals surface area (Å²) in [5, 5.41) is 3.41. The molecule has 0 aromatic heterocycles. The van der Waals surface area contributed by atoms with E-state index in [9.17, 15) is 13.2 Å². The molecule has 2 aromatic rings. The molecule has 1 N–H and O–H groups in total. The van der Waals surface area contributed by atoms with E-state index in [-0.39, 0.29) is 11.4 Å². The van der Waals surface area contributed by atoms with E-state index >= 15 is 0 Å². The molecule has 28 heavy (non-hydrogen) atoms. The number of nitrogens with zero attached hydrogens (tertiary/aromatic N) is 1. The van der Waals surface area contributed by atoms with Gasteiger partial charge in [-0.3, -0.25) is 4.79 Å². The molecule has 0 saturated carbocycles. The zero-order chi connectivity index (χ0) is 20.3. The van der Waals surface area contributed by atoms with E-state index in [1.165, 1.54) is 22.5 Å². The van der Waals surface area contributed by atoms with E-state index in [0.29, 0.717) is 40.9 Å². The molecule has 1 amide bonds. The molecular formula is C19H20Cl2N2O4S. The first-order chi connectivity index (χ1) is 13.3. The number of ether oxygens (including phenoxy) is 1. The molecule has 1 aliphatic rings. The highest BCUT2D eigenvalue weighted by Gasteiger charge is 2.39. The number of benzene rings is 2. The number of rotatable bonds is 6. The monoisotopic (exact) mass is 442 g/mol. The molecule has 1 saturated heterocycles. The van der Waals surface area contributed by atoms with Gasteiger partial charge >= 0.3 is 0 Å². The number of halogens is 2. The fourth-order valence-corrected chi connectivity index (χ4v) is 5.05. The lowest BCUT2D eigenvalue weighted by Gasteiger charge is -2.23. The van der Waals surface area contributed by atoms with Gasteiger partial charge in [0.25, 0.3) is 0 Å². The number of amides is 1. The summed E-state index contributed by atoms with van der Waals surface area (Å²) in [5.41, 5.74) is 0.463. The molecule has 0 bridgehead atoms. The van der Waals surface area contributed by atoms with Crippen molar-refractivity contribution in [1.29, 1.82) is 0 Å². The first kappa shape index (κ1) is 20.9. The molecule has 6 nitrogen and oxygen atoms in total.